The van der Waals surface area contributed by atoms with Crippen molar-refractivity contribution < 1.29 is 12.8 Å². The van der Waals surface area contributed by atoms with Crippen LogP contribution in [0.15, 0.2) is 23.1 Å². The Morgan fingerprint density at radius 3 is 2.80 bits per heavy atom. The lowest BCUT2D eigenvalue weighted by Crippen LogP contribution is -2.39. The van der Waals surface area contributed by atoms with Crippen molar-refractivity contribution in [2.24, 2.45) is 11.7 Å². The largest absolute Gasteiger partial charge is 0.389 e. The molecule has 0 bridgehead atoms. The van der Waals surface area contributed by atoms with E-state index in [-0.39, 0.29) is 15.4 Å². The van der Waals surface area contributed by atoms with Crippen LogP contribution in [0.4, 0.5) is 4.39 Å². The van der Waals surface area contributed by atoms with Gasteiger partial charge in [-0.05, 0) is 30.9 Å². The molecule has 0 amide bonds. The summed E-state index contributed by atoms with van der Waals surface area (Å²) >= 11 is 4.79. The maximum atomic E-state index is 13.8. The molecule has 1 aromatic carbocycles. The second-order valence-corrected chi connectivity index (χ2v) is 7.43. The van der Waals surface area contributed by atoms with Crippen molar-refractivity contribution in [2.75, 3.05) is 13.1 Å². The highest BCUT2D eigenvalue weighted by Crippen LogP contribution is 2.26. The Morgan fingerprint density at radius 2 is 2.20 bits per heavy atom. The van der Waals surface area contributed by atoms with Gasteiger partial charge in [0.1, 0.15) is 10.8 Å². The van der Waals surface area contributed by atoms with E-state index in [1.807, 2.05) is 6.92 Å². The van der Waals surface area contributed by atoms with Gasteiger partial charge in [0.15, 0.2) is 0 Å². The summed E-state index contributed by atoms with van der Waals surface area (Å²) in [6.45, 7) is 2.89. The van der Waals surface area contributed by atoms with Gasteiger partial charge in [0, 0.05) is 13.1 Å². The normalized spacial score (nSPS) is 20.8. The first-order valence-electron chi connectivity index (χ1n) is 6.42. The van der Waals surface area contributed by atoms with E-state index in [0.717, 1.165) is 18.9 Å². The van der Waals surface area contributed by atoms with E-state index in [4.69, 9.17) is 18.0 Å². The molecule has 110 valence electrons. The molecule has 1 unspecified atom stereocenters. The number of rotatable bonds is 3. The van der Waals surface area contributed by atoms with Crippen LogP contribution in [-0.2, 0) is 10.0 Å². The van der Waals surface area contributed by atoms with Gasteiger partial charge in [0.25, 0.3) is 0 Å². The zero-order valence-corrected chi connectivity index (χ0v) is 12.8. The topological polar surface area (TPSA) is 63.4 Å². The lowest BCUT2D eigenvalue weighted by molar-refractivity contribution is 0.281. The number of hydrogen-bond donors (Lipinski definition) is 1. The Bertz CT molecular complexity index is 631. The predicted octanol–water partition coefficient (Wildman–Crippen LogP) is 1.88. The van der Waals surface area contributed by atoms with Crippen LogP contribution in [0.3, 0.4) is 0 Å². The molecule has 0 aromatic heterocycles. The van der Waals surface area contributed by atoms with Crippen LogP contribution in [-0.4, -0.2) is 30.8 Å². The molecule has 7 heteroatoms. The van der Waals surface area contributed by atoms with E-state index in [1.165, 1.54) is 16.4 Å². The van der Waals surface area contributed by atoms with Crippen LogP contribution in [0.2, 0.25) is 0 Å². The van der Waals surface area contributed by atoms with E-state index >= 15 is 0 Å². The molecule has 0 aliphatic carbocycles. The maximum absolute atomic E-state index is 13.8. The molecule has 4 nitrogen and oxygen atoms in total. The van der Waals surface area contributed by atoms with Gasteiger partial charge in [-0.15, -0.1) is 0 Å². The van der Waals surface area contributed by atoms with Gasteiger partial charge in [-0.25, -0.2) is 12.8 Å². The van der Waals surface area contributed by atoms with Gasteiger partial charge in [0.05, 0.1) is 10.5 Å². The molecule has 0 spiro atoms. The summed E-state index contributed by atoms with van der Waals surface area (Å²) in [6, 6.07) is 3.87. The standard InChI is InChI=1S/C13H17FN2O2S2/c1-9-4-3-7-16(8-9)20(17,18)11-6-2-5-10(14)12(11)13(15)19/h2,5-6,9H,3-4,7-8H2,1H3,(H2,15,19). The van der Waals surface area contributed by atoms with Crippen LogP contribution in [0, 0.1) is 11.7 Å². The van der Waals surface area contributed by atoms with Gasteiger partial charge in [0.2, 0.25) is 10.0 Å². The number of thiocarbonyl (C=S) groups is 1. The third-order valence-electron chi connectivity index (χ3n) is 3.46. The highest BCUT2D eigenvalue weighted by molar-refractivity contribution is 7.89. The summed E-state index contributed by atoms with van der Waals surface area (Å²) in [4.78, 5) is -0.383. The molecule has 1 atom stereocenters. The first-order chi connectivity index (χ1) is 9.34. The zero-order valence-electron chi connectivity index (χ0n) is 11.2. The van der Waals surface area contributed by atoms with Gasteiger partial charge in [-0.1, -0.05) is 25.2 Å². The average molecular weight is 316 g/mol. The molecule has 1 fully saturated rings. The minimum absolute atomic E-state index is 0.140. The van der Waals surface area contributed by atoms with Gasteiger partial charge >= 0.3 is 0 Å². The van der Waals surface area contributed by atoms with Crippen molar-refractivity contribution >= 4 is 27.2 Å². The van der Waals surface area contributed by atoms with Crippen molar-refractivity contribution in [2.45, 2.75) is 24.7 Å². The Labute approximate surface area is 123 Å². The molecule has 1 heterocycles. The highest BCUT2D eigenvalue weighted by Gasteiger charge is 2.31. The van der Waals surface area contributed by atoms with E-state index in [9.17, 15) is 12.8 Å². The minimum atomic E-state index is -3.77. The number of halogens is 1. The van der Waals surface area contributed by atoms with Gasteiger partial charge in [-0.3, -0.25) is 0 Å². The second kappa shape index (κ2) is 5.75. The molecule has 20 heavy (non-hydrogen) atoms. The summed E-state index contributed by atoms with van der Waals surface area (Å²) in [5.41, 5.74) is 5.28. The van der Waals surface area contributed by atoms with Crippen LogP contribution in [0.5, 0.6) is 0 Å². The van der Waals surface area contributed by atoms with E-state index in [1.54, 1.807) is 0 Å². The van der Waals surface area contributed by atoms with Crippen molar-refractivity contribution in [1.82, 2.24) is 4.31 Å². The first-order valence-corrected chi connectivity index (χ1v) is 8.27. The Morgan fingerprint density at radius 1 is 1.50 bits per heavy atom. The smallest absolute Gasteiger partial charge is 0.243 e. The summed E-state index contributed by atoms with van der Waals surface area (Å²) in [6.07, 6.45) is 1.80. The van der Waals surface area contributed by atoms with E-state index < -0.39 is 15.8 Å². The number of benzene rings is 1. The molecule has 1 saturated heterocycles. The molecule has 1 aliphatic heterocycles. The van der Waals surface area contributed by atoms with Crippen LogP contribution in [0.25, 0.3) is 0 Å². The lowest BCUT2D eigenvalue weighted by Gasteiger charge is -2.30. The molecule has 2 N–H and O–H groups in total. The minimum Gasteiger partial charge on any atom is -0.389 e. The number of piperidine rings is 1. The number of hydrogen-bond acceptors (Lipinski definition) is 3. The van der Waals surface area contributed by atoms with Crippen molar-refractivity contribution in [3.05, 3.63) is 29.6 Å². The summed E-state index contributed by atoms with van der Waals surface area (Å²) in [5.74, 6) is -0.413. The van der Waals surface area contributed by atoms with Crippen LogP contribution >= 0.6 is 12.2 Å². The summed E-state index contributed by atoms with van der Waals surface area (Å²) in [7, 11) is -3.77. The van der Waals surface area contributed by atoms with Crippen LogP contribution in [0.1, 0.15) is 25.3 Å². The maximum Gasteiger partial charge on any atom is 0.243 e. The number of nitrogens with two attached hydrogens (primary N) is 1. The summed E-state index contributed by atoms with van der Waals surface area (Å²) < 4.78 is 40.5. The first kappa shape index (κ1) is 15.3. The monoisotopic (exact) mass is 316 g/mol. The quantitative estimate of drug-likeness (QED) is 0.865. The average Bonchev–Trinajstić information content (AvgIpc) is 2.38. The molecule has 1 aromatic rings. The Hall–Kier alpha value is -1.05. The number of nitrogens with zero attached hydrogens (tertiary/aromatic N) is 1. The molecular weight excluding hydrogens is 299 g/mol. The third kappa shape index (κ3) is 2.84. The zero-order chi connectivity index (χ0) is 14.9. The SMILES string of the molecule is CC1CCCN(S(=O)(=O)c2cccc(F)c2C(N)=S)C1. The lowest BCUT2D eigenvalue weighted by atomic mass is 10.0. The van der Waals surface area contributed by atoms with Gasteiger partial charge in [-0.2, -0.15) is 4.31 Å². The molecule has 0 saturated carbocycles. The van der Waals surface area contributed by atoms with Crippen LogP contribution < -0.4 is 5.73 Å². The Balaban J connectivity index is 2.49. The molecule has 2 rings (SSSR count). The van der Waals surface area contributed by atoms with Gasteiger partial charge < -0.3 is 5.73 Å². The third-order valence-corrected chi connectivity index (χ3v) is 5.57. The van der Waals surface area contributed by atoms with Crippen molar-refractivity contribution in [3.63, 3.8) is 0 Å². The predicted molar refractivity (Wildman–Crippen MR) is 79.4 cm³/mol. The fourth-order valence-corrected chi connectivity index (χ4v) is 4.55. The van der Waals surface area contributed by atoms with Crippen molar-refractivity contribution in [1.29, 1.82) is 0 Å². The molecular formula is C13H17FN2O2S2. The fraction of sp³-hybridized carbons (Fsp3) is 0.462. The Kier molecular flexibility index (Phi) is 4.41. The number of sulfonamides is 1. The molecule has 1 aliphatic rings. The second-order valence-electron chi connectivity index (χ2n) is 5.09. The van der Waals surface area contributed by atoms with E-state index in [0.29, 0.717) is 19.0 Å². The fourth-order valence-electron chi connectivity index (χ4n) is 2.46. The molecule has 0 radical (unpaired) electrons. The summed E-state index contributed by atoms with van der Waals surface area (Å²) in [5, 5.41) is 0. The van der Waals surface area contributed by atoms with E-state index in [2.05, 4.69) is 0 Å². The van der Waals surface area contributed by atoms with Crippen molar-refractivity contribution in [3.8, 4) is 0 Å². The highest BCUT2D eigenvalue weighted by atomic mass is 32.2.